The summed E-state index contributed by atoms with van der Waals surface area (Å²) in [5, 5.41) is 12.1. The summed E-state index contributed by atoms with van der Waals surface area (Å²) in [6, 6.07) is 0.523. The van der Waals surface area contributed by atoms with Gasteiger partial charge in [-0.2, -0.15) is 0 Å². The highest BCUT2D eigenvalue weighted by Gasteiger charge is 2.26. The van der Waals surface area contributed by atoms with E-state index in [1.165, 1.54) is 12.8 Å². The predicted octanol–water partition coefficient (Wildman–Crippen LogP) is 0.145. The van der Waals surface area contributed by atoms with Crippen molar-refractivity contribution in [2.24, 2.45) is 5.92 Å². The van der Waals surface area contributed by atoms with Crippen LogP contribution in [0.1, 0.15) is 19.3 Å². The highest BCUT2D eigenvalue weighted by molar-refractivity contribution is 5.69. The first-order valence-corrected chi connectivity index (χ1v) is 5.41. The van der Waals surface area contributed by atoms with Gasteiger partial charge in [-0.1, -0.05) is 0 Å². The lowest BCUT2D eigenvalue weighted by Gasteiger charge is -2.14. The third-order valence-corrected chi connectivity index (χ3v) is 3.02. The normalized spacial score (nSPS) is 28.1. The van der Waals surface area contributed by atoms with Crippen molar-refractivity contribution in [2.75, 3.05) is 26.2 Å². The van der Waals surface area contributed by atoms with Crippen LogP contribution < -0.4 is 5.32 Å². The van der Waals surface area contributed by atoms with Gasteiger partial charge in [0.05, 0.1) is 6.54 Å². The van der Waals surface area contributed by atoms with E-state index in [1.54, 1.807) is 0 Å². The number of nitrogens with one attached hydrogen (secondary N) is 1. The molecule has 0 aromatic rings. The van der Waals surface area contributed by atoms with Crippen LogP contribution >= 0.6 is 0 Å². The van der Waals surface area contributed by atoms with Gasteiger partial charge in [-0.15, -0.1) is 0 Å². The summed E-state index contributed by atoms with van der Waals surface area (Å²) in [5.74, 6) is 0.191. The molecule has 4 heteroatoms. The van der Waals surface area contributed by atoms with E-state index < -0.39 is 5.97 Å². The number of rotatable bonds is 5. The average Bonchev–Trinajstić information content (AvgIpc) is 2.84. The van der Waals surface area contributed by atoms with E-state index in [9.17, 15) is 4.79 Å². The fraction of sp³-hybridized carbons (Fsp3) is 0.900. The molecule has 1 atom stereocenters. The first-order chi connectivity index (χ1) is 6.74. The first kappa shape index (κ1) is 9.93. The molecule has 2 aliphatic rings. The minimum Gasteiger partial charge on any atom is -0.480 e. The van der Waals surface area contributed by atoms with Crippen molar-refractivity contribution < 1.29 is 9.90 Å². The zero-order chi connectivity index (χ0) is 9.97. The molecule has 1 saturated carbocycles. The Kier molecular flexibility index (Phi) is 3.03. The topological polar surface area (TPSA) is 52.6 Å². The molecule has 2 N–H and O–H groups in total. The summed E-state index contributed by atoms with van der Waals surface area (Å²) >= 11 is 0. The molecule has 1 aliphatic carbocycles. The number of nitrogens with zero attached hydrogens (tertiary/aromatic N) is 1. The van der Waals surface area contributed by atoms with Crippen LogP contribution in [0.4, 0.5) is 0 Å². The largest absolute Gasteiger partial charge is 0.480 e. The van der Waals surface area contributed by atoms with Crippen molar-refractivity contribution in [3.63, 3.8) is 0 Å². The Labute approximate surface area is 84.3 Å². The number of carboxylic acid groups (broad SMARTS) is 1. The van der Waals surface area contributed by atoms with E-state index in [-0.39, 0.29) is 6.54 Å². The number of carbonyl (C=O) groups is 1. The third kappa shape index (κ3) is 2.96. The van der Waals surface area contributed by atoms with Gasteiger partial charge in [-0.05, 0) is 31.7 Å². The second kappa shape index (κ2) is 4.28. The molecule has 1 heterocycles. The van der Waals surface area contributed by atoms with Crippen molar-refractivity contribution in [3.8, 4) is 0 Å². The molecule has 0 aromatic carbocycles. The summed E-state index contributed by atoms with van der Waals surface area (Å²) in [6.07, 6.45) is 3.84. The van der Waals surface area contributed by atoms with Crippen LogP contribution in [0.3, 0.4) is 0 Å². The maximum atomic E-state index is 10.5. The predicted molar refractivity (Wildman–Crippen MR) is 53.2 cm³/mol. The van der Waals surface area contributed by atoms with Crippen molar-refractivity contribution >= 4 is 5.97 Å². The Morgan fingerprint density at radius 3 is 2.86 bits per heavy atom. The second-order valence-corrected chi connectivity index (χ2v) is 4.47. The molecule has 0 amide bonds. The number of hydrogen-bond donors (Lipinski definition) is 2. The summed E-state index contributed by atoms with van der Waals surface area (Å²) in [4.78, 5) is 12.5. The molecular formula is C10H18N2O2. The first-order valence-electron chi connectivity index (χ1n) is 5.41. The lowest BCUT2D eigenvalue weighted by Crippen LogP contribution is -2.35. The van der Waals surface area contributed by atoms with Crippen molar-refractivity contribution in [1.82, 2.24) is 10.2 Å². The number of aliphatic carboxylic acids is 1. The molecule has 0 spiro atoms. The molecule has 4 nitrogen and oxygen atoms in total. The van der Waals surface area contributed by atoms with E-state index in [0.717, 1.165) is 32.0 Å². The van der Waals surface area contributed by atoms with Crippen LogP contribution in [-0.2, 0) is 4.79 Å². The number of likely N-dealkylation sites (tertiary alicyclic amines) is 1. The van der Waals surface area contributed by atoms with E-state index in [2.05, 4.69) is 5.32 Å². The molecule has 0 bridgehead atoms. The van der Waals surface area contributed by atoms with Gasteiger partial charge < -0.3 is 10.4 Å². The fourth-order valence-corrected chi connectivity index (χ4v) is 1.99. The van der Waals surface area contributed by atoms with Gasteiger partial charge in [0.1, 0.15) is 0 Å². The van der Waals surface area contributed by atoms with Crippen LogP contribution in [0.5, 0.6) is 0 Å². The molecule has 0 unspecified atom stereocenters. The van der Waals surface area contributed by atoms with Gasteiger partial charge in [0.25, 0.3) is 0 Å². The molecule has 2 rings (SSSR count). The summed E-state index contributed by atoms with van der Waals surface area (Å²) < 4.78 is 0. The van der Waals surface area contributed by atoms with Crippen LogP contribution in [0, 0.1) is 5.92 Å². The standard InChI is InChI=1S/C10H18N2O2/c13-10(14)7-12-4-3-9(6-12)11-5-8-1-2-8/h8-9,11H,1-7H2,(H,13,14)/t9-/m1/s1. The Morgan fingerprint density at radius 1 is 1.43 bits per heavy atom. The number of hydrogen-bond acceptors (Lipinski definition) is 3. The van der Waals surface area contributed by atoms with Crippen molar-refractivity contribution in [3.05, 3.63) is 0 Å². The van der Waals surface area contributed by atoms with Gasteiger partial charge in [-0.25, -0.2) is 0 Å². The lowest BCUT2D eigenvalue weighted by atomic mass is 10.2. The van der Waals surface area contributed by atoms with Crippen LogP contribution in [-0.4, -0.2) is 48.2 Å². The van der Waals surface area contributed by atoms with Gasteiger partial charge in [0, 0.05) is 19.1 Å². The Hall–Kier alpha value is -0.610. The van der Waals surface area contributed by atoms with Crippen LogP contribution in [0.15, 0.2) is 0 Å². The summed E-state index contributed by atoms with van der Waals surface area (Å²) in [7, 11) is 0. The van der Waals surface area contributed by atoms with Gasteiger partial charge in [0.15, 0.2) is 0 Å². The minimum absolute atomic E-state index is 0.196. The monoisotopic (exact) mass is 198 g/mol. The zero-order valence-corrected chi connectivity index (χ0v) is 8.41. The maximum Gasteiger partial charge on any atom is 0.317 e. The highest BCUT2D eigenvalue weighted by Crippen LogP contribution is 2.28. The molecule has 1 saturated heterocycles. The van der Waals surface area contributed by atoms with E-state index in [1.807, 2.05) is 4.90 Å². The van der Waals surface area contributed by atoms with Gasteiger partial charge in [-0.3, -0.25) is 9.69 Å². The molecule has 0 radical (unpaired) electrons. The SMILES string of the molecule is O=C(O)CN1CC[C@@H](NCC2CC2)C1. The van der Waals surface area contributed by atoms with E-state index in [4.69, 9.17) is 5.11 Å². The molecular weight excluding hydrogens is 180 g/mol. The van der Waals surface area contributed by atoms with Crippen LogP contribution in [0.25, 0.3) is 0 Å². The Balaban J connectivity index is 1.63. The zero-order valence-electron chi connectivity index (χ0n) is 8.41. The number of carboxylic acids is 1. The van der Waals surface area contributed by atoms with Crippen LogP contribution in [0.2, 0.25) is 0 Å². The smallest absolute Gasteiger partial charge is 0.317 e. The Morgan fingerprint density at radius 2 is 2.21 bits per heavy atom. The molecule has 0 aromatic heterocycles. The van der Waals surface area contributed by atoms with Crippen molar-refractivity contribution in [1.29, 1.82) is 0 Å². The second-order valence-electron chi connectivity index (χ2n) is 4.47. The lowest BCUT2D eigenvalue weighted by molar-refractivity contribution is -0.138. The fourth-order valence-electron chi connectivity index (χ4n) is 1.99. The van der Waals surface area contributed by atoms with Crippen molar-refractivity contribution in [2.45, 2.75) is 25.3 Å². The maximum absolute atomic E-state index is 10.5. The quantitative estimate of drug-likeness (QED) is 0.660. The average molecular weight is 198 g/mol. The molecule has 14 heavy (non-hydrogen) atoms. The Bertz CT molecular complexity index is 216. The van der Waals surface area contributed by atoms with Gasteiger partial charge in [0.2, 0.25) is 0 Å². The summed E-state index contributed by atoms with van der Waals surface area (Å²) in [5.41, 5.74) is 0. The molecule has 80 valence electrons. The highest BCUT2D eigenvalue weighted by atomic mass is 16.4. The molecule has 2 fully saturated rings. The van der Waals surface area contributed by atoms with E-state index >= 15 is 0 Å². The third-order valence-electron chi connectivity index (χ3n) is 3.02. The van der Waals surface area contributed by atoms with E-state index in [0.29, 0.717) is 6.04 Å². The summed E-state index contributed by atoms with van der Waals surface area (Å²) in [6.45, 7) is 3.15. The van der Waals surface area contributed by atoms with Gasteiger partial charge >= 0.3 is 5.97 Å². The minimum atomic E-state index is -0.715. The molecule has 1 aliphatic heterocycles.